The quantitative estimate of drug-likeness (QED) is 0.728. The molecule has 0 spiro atoms. The Kier molecular flexibility index (Phi) is 5.32. The summed E-state index contributed by atoms with van der Waals surface area (Å²) in [6.45, 7) is 2.61. The third-order valence-electron chi connectivity index (χ3n) is 3.17. The van der Waals surface area contributed by atoms with E-state index < -0.39 is 11.5 Å². The first-order valence-electron chi connectivity index (χ1n) is 6.17. The largest absolute Gasteiger partial charge is 0.480 e. The number of carboxylic acids is 1. The number of hydrogen-bond acceptors (Lipinski definition) is 4. The van der Waals surface area contributed by atoms with Crippen LogP contribution in [0, 0.1) is 0 Å². The van der Waals surface area contributed by atoms with Gasteiger partial charge in [-0.05, 0) is 24.6 Å². The van der Waals surface area contributed by atoms with Crippen LogP contribution in [-0.2, 0) is 15.1 Å². The summed E-state index contributed by atoms with van der Waals surface area (Å²) < 4.78 is 4.94. The van der Waals surface area contributed by atoms with E-state index in [-0.39, 0.29) is 0 Å². The Hall–Kier alpha value is -1.59. The number of carbonyl (C=O) groups is 1. The van der Waals surface area contributed by atoms with E-state index in [0.717, 1.165) is 11.3 Å². The zero-order chi connectivity index (χ0) is 14.5. The molecule has 0 radical (unpaired) electrons. The van der Waals surface area contributed by atoms with E-state index in [1.165, 1.54) is 0 Å². The molecule has 0 bridgehead atoms. The molecule has 0 heterocycles. The highest BCUT2D eigenvalue weighted by Gasteiger charge is 2.34. The molecule has 0 aliphatic carbocycles. The number of carboxylic acid groups (broad SMARTS) is 1. The van der Waals surface area contributed by atoms with Gasteiger partial charge in [-0.1, -0.05) is 12.1 Å². The predicted molar refractivity (Wildman–Crippen MR) is 75.6 cm³/mol. The van der Waals surface area contributed by atoms with E-state index in [1.807, 2.05) is 43.3 Å². The van der Waals surface area contributed by atoms with Crippen LogP contribution >= 0.6 is 0 Å². The van der Waals surface area contributed by atoms with Crippen LogP contribution in [0.1, 0.15) is 12.5 Å². The van der Waals surface area contributed by atoms with E-state index in [9.17, 15) is 9.90 Å². The van der Waals surface area contributed by atoms with Gasteiger partial charge in [0.05, 0.1) is 6.61 Å². The lowest BCUT2D eigenvalue weighted by Gasteiger charge is -2.27. The number of rotatable bonds is 7. The van der Waals surface area contributed by atoms with Crippen molar-refractivity contribution >= 4 is 11.7 Å². The summed E-state index contributed by atoms with van der Waals surface area (Å²) in [5, 5.41) is 12.5. The number of ether oxygens (including phenoxy) is 1. The van der Waals surface area contributed by atoms with Crippen LogP contribution < -0.4 is 10.2 Å². The van der Waals surface area contributed by atoms with Gasteiger partial charge in [-0.15, -0.1) is 0 Å². The Morgan fingerprint density at radius 2 is 1.95 bits per heavy atom. The molecule has 1 aromatic rings. The SMILES string of the molecule is COCCNC(C)(C(=O)O)c1ccc(N(C)C)cc1. The molecular formula is C14H22N2O3. The third kappa shape index (κ3) is 3.68. The normalized spacial score (nSPS) is 13.9. The van der Waals surface area contributed by atoms with Crippen LogP contribution in [0.15, 0.2) is 24.3 Å². The maximum atomic E-state index is 11.5. The number of methoxy groups -OCH3 is 1. The van der Waals surface area contributed by atoms with E-state index in [4.69, 9.17) is 4.74 Å². The van der Waals surface area contributed by atoms with Gasteiger partial charge in [0, 0.05) is 33.4 Å². The highest BCUT2D eigenvalue weighted by Crippen LogP contribution is 2.23. The number of nitrogens with one attached hydrogen (secondary N) is 1. The molecule has 0 aliphatic rings. The monoisotopic (exact) mass is 266 g/mol. The molecule has 5 nitrogen and oxygen atoms in total. The van der Waals surface area contributed by atoms with Gasteiger partial charge in [0.1, 0.15) is 5.54 Å². The number of benzene rings is 1. The van der Waals surface area contributed by atoms with Crippen LogP contribution in [-0.4, -0.2) is 45.4 Å². The van der Waals surface area contributed by atoms with Gasteiger partial charge in [0.15, 0.2) is 0 Å². The van der Waals surface area contributed by atoms with Crippen molar-refractivity contribution in [1.82, 2.24) is 5.32 Å². The summed E-state index contributed by atoms with van der Waals surface area (Å²) in [5.74, 6) is -0.902. The van der Waals surface area contributed by atoms with Crippen molar-refractivity contribution in [2.45, 2.75) is 12.5 Å². The van der Waals surface area contributed by atoms with Gasteiger partial charge in [0.25, 0.3) is 0 Å². The fourth-order valence-electron chi connectivity index (χ4n) is 1.80. The van der Waals surface area contributed by atoms with Crippen LogP contribution in [0.5, 0.6) is 0 Å². The van der Waals surface area contributed by atoms with Crippen molar-refractivity contribution in [2.24, 2.45) is 0 Å². The van der Waals surface area contributed by atoms with E-state index in [1.54, 1.807) is 14.0 Å². The molecule has 1 aromatic carbocycles. The Morgan fingerprint density at radius 3 is 2.37 bits per heavy atom. The second-order valence-electron chi connectivity index (χ2n) is 4.79. The summed E-state index contributed by atoms with van der Waals surface area (Å²) in [4.78, 5) is 13.5. The maximum absolute atomic E-state index is 11.5. The molecule has 0 saturated carbocycles. The van der Waals surface area contributed by atoms with Crippen LogP contribution in [0.2, 0.25) is 0 Å². The Labute approximate surface area is 114 Å². The zero-order valence-electron chi connectivity index (χ0n) is 11.9. The number of hydrogen-bond donors (Lipinski definition) is 2. The maximum Gasteiger partial charge on any atom is 0.328 e. The lowest BCUT2D eigenvalue weighted by atomic mass is 9.92. The average molecular weight is 266 g/mol. The van der Waals surface area contributed by atoms with Gasteiger partial charge < -0.3 is 14.7 Å². The van der Waals surface area contributed by atoms with Gasteiger partial charge in [-0.25, -0.2) is 4.79 Å². The second kappa shape index (κ2) is 6.54. The Balaban J connectivity index is 2.95. The van der Waals surface area contributed by atoms with Crippen molar-refractivity contribution in [3.8, 4) is 0 Å². The first-order valence-corrected chi connectivity index (χ1v) is 6.17. The third-order valence-corrected chi connectivity index (χ3v) is 3.17. The molecule has 5 heteroatoms. The molecule has 1 rings (SSSR count). The smallest absolute Gasteiger partial charge is 0.328 e. The number of nitrogens with zero attached hydrogens (tertiary/aromatic N) is 1. The summed E-state index contributed by atoms with van der Waals surface area (Å²) in [7, 11) is 5.48. The molecule has 0 saturated heterocycles. The molecule has 0 amide bonds. The van der Waals surface area contributed by atoms with Crippen molar-refractivity contribution < 1.29 is 14.6 Å². The molecule has 19 heavy (non-hydrogen) atoms. The van der Waals surface area contributed by atoms with E-state index in [2.05, 4.69) is 5.32 Å². The Morgan fingerprint density at radius 1 is 1.37 bits per heavy atom. The molecule has 106 valence electrons. The van der Waals surface area contributed by atoms with Gasteiger partial charge >= 0.3 is 5.97 Å². The molecule has 1 unspecified atom stereocenters. The lowest BCUT2D eigenvalue weighted by molar-refractivity contribution is -0.144. The minimum atomic E-state index is -1.11. The first kappa shape index (κ1) is 15.5. The van der Waals surface area contributed by atoms with Gasteiger partial charge in [-0.3, -0.25) is 5.32 Å². The van der Waals surface area contributed by atoms with Crippen LogP contribution in [0.4, 0.5) is 5.69 Å². The van der Waals surface area contributed by atoms with Crippen LogP contribution in [0.25, 0.3) is 0 Å². The van der Waals surface area contributed by atoms with E-state index >= 15 is 0 Å². The van der Waals surface area contributed by atoms with Crippen molar-refractivity contribution in [3.63, 3.8) is 0 Å². The predicted octanol–water partition coefficient (Wildman–Crippen LogP) is 1.29. The zero-order valence-corrected chi connectivity index (χ0v) is 11.9. The van der Waals surface area contributed by atoms with Crippen LogP contribution in [0.3, 0.4) is 0 Å². The minimum Gasteiger partial charge on any atom is -0.480 e. The first-order chi connectivity index (χ1) is 8.91. The fourth-order valence-corrected chi connectivity index (χ4v) is 1.80. The minimum absolute atomic E-state index is 0.471. The average Bonchev–Trinajstić information content (AvgIpc) is 2.38. The van der Waals surface area contributed by atoms with Crippen molar-refractivity contribution in [2.75, 3.05) is 39.3 Å². The van der Waals surface area contributed by atoms with Gasteiger partial charge in [0.2, 0.25) is 0 Å². The lowest BCUT2D eigenvalue weighted by Crippen LogP contribution is -2.47. The second-order valence-corrected chi connectivity index (χ2v) is 4.79. The summed E-state index contributed by atoms with van der Waals surface area (Å²) >= 11 is 0. The highest BCUT2D eigenvalue weighted by atomic mass is 16.5. The summed E-state index contributed by atoms with van der Waals surface area (Å²) in [6.07, 6.45) is 0. The standard InChI is InChI=1S/C14H22N2O3/c1-14(13(17)18,15-9-10-19-4)11-5-7-12(8-6-11)16(2)3/h5-8,15H,9-10H2,1-4H3,(H,17,18). The van der Waals surface area contributed by atoms with Crippen molar-refractivity contribution in [3.05, 3.63) is 29.8 Å². The molecule has 0 fully saturated rings. The summed E-state index contributed by atoms with van der Waals surface area (Å²) in [6, 6.07) is 7.50. The number of aliphatic carboxylic acids is 1. The molecular weight excluding hydrogens is 244 g/mol. The fraction of sp³-hybridized carbons (Fsp3) is 0.500. The van der Waals surface area contributed by atoms with Gasteiger partial charge in [-0.2, -0.15) is 0 Å². The van der Waals surface area contributed by atoms with Crippen molar-refractivity contribution in [1.29, 1.82) is 0 Å². The highest BCUT2D eigenvalue weighted by molar-refractivity contribution is 5.80. The molecule has 0 aliphatic heterocycles. The summed E-state index contributed by atoms with van der Waals surface area (Å²) in [5.41, 5.74) is 0.652. The molecule has 2 N–H and O–H groups in total. The number of anilines is 1. The van der Waals surface area contributed by atoms with E-state index in [0.29, 0.717) is 13.2 Å². The molecule has 1 atom stereocenters. The Bertz CT molecular complexity index is 417. The molecule has 0 aromatic heterocycles. The topological polar surface area (TPSA) is 61.8 Å².